The minimum absolute atomic E-state index is 0.131. The third kappa shape index (κ3) is 2.41. The van der Waals surface area contributed by atoms with Gasteiger partial charge in [0.2, 0.25) is 0 Å². The molecular weight excluding hydrogens is 396 g/mol. The van der Waals surface area contributed by atoms with E-state index in [-0.39, 0.29) is 37.9 Å². The second-order valence-corrected chi connectivity index (χ2v) is 16.1. The Hall–Kier alpha value is -0.780. The SMILES string of the molecule is Cc1cc2c(cc1C)C(C)(C)C(C)(C)[C@@H]1C2C(C)(C)C(C)[C@@]2(C)C1C(C)(C)C(C)(C)C2(C)C. The van der Waals surface area contributed by atoms with Crippen molar-refractivity contribution in [3.05, 3.63) is 34.4 Å². The number of aryl methyl sites for hydroxylation is 2. The lowest BCUT2D eigenvalue weighted by Gasteiger charge is -2.71. The summed E-state index contributed by atoms with van der Waals surface area (Å²) in [5.74, 6) is 2.55. The molecule has 0 N–H and O–H groups in total. The molecule has 186 valence electrons. The Morgan fingerprint density at radius 3 is 1.64 bits per heavy atom. The van der Waals surface area contributed by atoms with Crippen molar-refractivity contribution in [2.24, 2.45) is 50.2 Å². The van der Waals surface area contributed by atoms with Crippen LogP contribution < -0.4 is 0 Å². The topological polar surface area (TPSA) is 0 Å². The Balaban J connectivity index is 2.16. The van der Waals surface area contributed by atoms with Gasteiger partial charge in [0.25, 0.3) is 0 Å². The van der Waals surface area contributed by atoms with Crippen molar-refractivity contribution in [2.45, 2.75) is 122 Å². The van der Waals surface area contributed by atoms with Crippen molar-refractivity contribution in [2.75, 3.05) is 0 Å². The second kappa shape index (κ2) is 6.31. The van der Waals surface area contributed by atoms with Gasteiger partial charge in [-0.25, -0.2) is 0 Å². The Morgan fingerprint density at radius 2 is 1.12 bits per heavy atom. The summed E-state index contributed by atoms with van der Waals surface area (Å²) in [6.45, 7) is 41.2. The zero-order valence-electron chi connectivity index (χ0n) is 25.0. The first-order valence-corrected chi connectivity index (χ1v) is 13.7. The highest BCUT2D eigenvalue weighted by molar-refractivity contribution is 5.49. The third-order valence-corrected chi connectivity index (χ3v) is 14.6. The van der Waals surface area contributed by atoms with Crippen molar-refractivity contribution in [1.29, 1.82) is 0 Å². The summed E-state index contributed by atoms with van der Waals surface area (Å²) in [7, 11) is 0. The van der Waals surface area contributed by atoms with Gasteiger partial charge in [-0.2, -0.15) is 0 Å². The fourth-order valence-corrected chi connectivity index (χ4v) is 10.2. The molecule has 0 aromatic heterocycles. The molecule has 0 heterocycles. The van der Waals surface area contributed by atoms with E-state index in [1.54, 1.807) is 11.1 Å². The zero-order chi connectivity index (χ0) is 25.5. The predicted octanol–water partition coefficient (Wildman–Crippen LogP) is 9.71. The van der Waals surface area contributed by atoms with Gasteiger partial charge < -0.3 is 0 Å². The number of rotatable bonds is 0. The van der Waals surface area contributed by atoms with Crippen molar-refractivity contribution in [3.8, 4) is 0 Å². The average Bonchev–Trinajstić information content (AvgIpc) is 2.73. The lowest BCUT2D eigenvalue weighted by atomic mass is 9.33. The van der Waals surface area contributed by atoms with Gasteiger partial charge in [0, 0.05) is 0 Å². The van der Waals surface area contributed by atoms with Gasteiger partial charge in [-0.1, -0.05) is 109 Å². The first kappa shape index (κ1) is 25.3. The van der Waals surface area contributed by atoms with Crippen LogP contribution in [0.4, 0.5) is 0 Å². The molecule has 3 aliphatic carbocycles. The van der Waals surface area contributed by atoms with Crippen LogP contribution in [0.5, 0.6) is 0 Å². The Kier molecular flexibility index (Phi) is 4.84. The van der Waals surface area contributed by atoms with E-state index in [9.17, 15) is 0 Å². The first-order valence-electron chi connectivity index (χ1n) is 13.7. The minimum atomic E-state index is 0.131. The van der Waals surface area contributed by atoms with Crippen LogP contribution in [0, 0.1) is 64.1 Å². The number of hydrogen-bond acceptors (Lipinski definition) is 0. The maximum atomic E-state index is 2.70. The fraction of sp³-hybridized carbons (Fsp3) is 0.818. The predicted molar refractivity (Wildman–Crippen MR) is 145 cm³/mol. The van der Waals surface area contributed by atoms with Crippen LogP contribution >= 0.6 is 0 Å². The molecule has 5 atom stereocenters. The Bertz CT molecular complexity index is 995. The van der Waals surface area contributed by atoms with Crippen LogP contribution in [-0.2, 0) is 5.41 Å². The fourth-order valence-electron chi connectivity index (χ4n) is 10.2. The molecule has 0 nitrogen and oxygen atoms in total. The van der Waals surface area contributed by atoms with Crippen molar-refractivity contribution < 1.29 is 0 Å². The molecule has 0 spiro atoms. The highest BCUT2D eigenvalue weighted by Gasteiger charge is 2.79. The maximum absolute atomic E-state index is 2.70. The third-order valence-electron chi connectivity index (χ3n) is 14.6. The zero-order valence-corrected chi connectivity index (χ0v) is 25.0. The van der Waals surface area contributed by atoms with Gasteiger partial charge in [-0.15, -0.1) is 0 Å². The molecule has 1 aromatic rings. The molecule has 0 aliphatic heterocycles. The summed E-state index contributed by atoms with van der Waals surface area (Å²) in [4.78, 5) is 0. The van der Waals surface area contributed by atoms with Crippen molar-refractivity contribution in [1.82, 2.24) is 0 Å². The molecule has 2 fully saturated rings. The van der Waals surface area contributed by atoms with E-state index < -0.39 is 0 Å². The van der Waals surface area contributed by atoms with Crippen molar-refractivity contribution in [3.63, 3.8) is 0 Å². The van der Waals surface area contributed by atoms with E-state index in [1.807, 2.05) is 0 Å². The lowest BCUT2D eigenvalue weighted by Crippen LogP contribution is -2.65. The highest BCUT2D eigenvalue weighted by Crippen LogP contribution is 2.84. The molecule has 0 heteroatoms. The highest BCUT2D eigenvalue weighted by atomic mass is 14.8. The van der Waals surface area contributed by atoms with Crippen LogP contribution in [0.1, 0.15) is 125 Å². The standard InChI is InChI=1S/C33H54/c1-19-17-22-23(18-20(19)2)28(6,7)29(8,9)25-24(22)27(4,5)21(3)33(16)26(25)30(10,11)31(12,13)32(33,14)15/h17-18,21,24-26H,1-16H3/t21?,24?,25-,26?,33+/m1/s1. The maximum Gasteiger partial charge on any atom is -0.00465 e. The van der Waals surface area contributed by atoms with Crippen LogP contribution in [0.25, 0.3) is 0 Å². The smallest absolute Gasteiger partial charge is 0.00465 e. The Morgan fingerprint density at radius 1 is 0.636 bits per heavy atom. The summed E-state index contributed by atoms with van der Waals surface area (Å²) in [6.07, 6.45) is 0. The summed E-state index contributed by atoms with van der Waals surface area (Å²) in [6, 6.07) is 5.17. The molecule has 33 heavy (non-hydrogen) atoms. The number of hydrogen-bond donors (Lipinski definition) is 0. The summed E-state index contributed by atoms with van der Waals surface area (Å²) < 4.78 is 0. The van der Waals surface area contributed by atoms with Crippen LogP contribution in [0.3, 0.4) is 0 Å². The molecule has 0 saturated heterocycles. The molecule has 0 radical (unpaired) electrons. The number of benzene rings is 1. The van der Waals surface area contributed by atoms with E-state index in [0.717, 1.165) is 0 Å². The monoisotopic (exact) mass is 450 g/mol. The van der Waals surface area contributed by atoms with Crippen molar-refractivity contribution >= 4 is 0 Å². The second-order valence-electron chi connectivity index (χ2n) is 16.1. The number of fused-ring (bicyclic) bond motifs is 5. The normalized spacial score (nSPS) is 40.5. The summed E-state index contributed by atoms with van der Waals surface area (Å²) >= 11 is 0. The van der Waals surface area contributed by atoms with Gasteiger partial charge in [-0.3, -0.25) is 0 Å². The van der Waals surface area contributed by atoms with Gasteiger partial charge in [0.1, 0.15) is 0 Å². The van der Waals surface area contributed by atoms with E-state index in [4.69, 9.17) is 0 Å². The largest absolute Gasteiger partial charge is 0.0614 e. The molecular formula is C33H54. The summed E-state index contributed by atoms with van der Waals surface area (Å²) in [5.41, 5.74) is 7.79. The molecule has 0 bridgehead atoms. The van der Waals surface area contributed by atoms with Crippen LogP contribution in [0.15, 0.2) is 12.1 Å². The first-order chi connectivity index (χ1) is 14.6. The van der Waals surface area contributed by atoms with E-state index >= 15 is 0 Å². The van der Waals surface area contributed by atoms with E-state index in [1.165, 1.54) is 11.1 Å². The molecule has 4 rings (SSSR count). The molecule has 0 amide bonds. The van der Waals surface area contributed by atoms with Gasteiger partial charge >= 0.3 is 0 Å². The summed E-state index contributed by atoms with van der Waals surface area (Å²) in [5, 5.41) is 0. The minimum Gasteiger partial charge on any atom is -0.0614 e. The quantitative estimate of drug-likeness (QED) is 0.369. The molecule has 1 aromatic carbocycles. The Labute approximate surface area is 206 Å². The average molecular weight is 451 g/mol. The van der Waals surface area contributed by atoms with Crippen LogP contribution in [-0.4, -0.2) is 0 Å². The molecule has 3 aliphatic rings. The van der Waals surface area contributed by atoms with Gasteiger partial charge in [0.05, 0.1) is 0 Å². The molecule has 2 saturated carbocycles. The van der Waals surface area contributed by atoms with E-state index in [2.05, 4.69) is 123 Å². The van der Waals surface area contributed by atoms with Gasteiger partial charge in [0.15, 0.2) is 0 Å². The lowest BCUT2D eigenvalue weighted by molar-refractivity contribution is -0.182. The van der Waals surface area contributed by atoms with Crippen LogP contribution in [0.2, 0.25) is 0 Å². The van der Waals surface area contributed by atoms with E-state index in [0.29, 0.717) is 23.7 Å². The molecule has 3 unspecified atom stereocenters. The van der Waals surface area contributed by atoms with Gasteiger partial charge in [-0.05, 0) is 97.7 Å².